The van der Waals surface area contributed by atoms with Crippen molar-refractivity contribution >= 4 is 33.2 Å². The van der Waals surface area contributed by atoms with Gasteiger partial charge in [-0.25, -0.2) is 12.8 Å². The van der Waals surface area contributed by atoms with Crippen LogP contribution in [0.2, 0.25) is 5.02 Å². The molecule has 0 bridgehead atoms. The van der Waals surface area contributed by atoms with E-state index in [4.69, 9.17) is 11.6 Å². The molecule has 0 heterocycles. The first kappa shape index (κ1) is 23.3. The maximum Gasteiger partial charge on any atom is 0.391 e. The Morgan fingerprint density at radius 3 is 2.39 bits per heavy atom. The van der Waals surface area contributed by atoms with E-state index in [0.717, 1.165) is 18.2 Å². The first-order valence-electron chi connectivity index (χ1n) is 9.41. The molecule has 168 valence electrons. The Morgan fingerprint density at radius 1 is 1.06 bits per heavy atom. The molecule has 3 rings (SSSR count). The van der Waals surface area contributed by atoms with Gasteiger partial charge in [0.2, 0.25) is 0 Å². The van der Waals surface area contributed by atoms with Gasteiger partial charge in [0.15, 0.2) is 0 Å². The maximum absolute atomic E-state index is 13.0. The fourth-order valence-electron chi connectivity index (χ4n) is 3.46. The van der Waals surface area contributed by atoms with Gasteiger partial charge >= 0.3 is 6.18 Å². The summed E-state index contributed by atoms with van der Waals surface area (Å²) in [5.74, 6) is -2.78. The number of amides is 1. The van der Waals surface area contributed by atoms with E-state index < -0.39 is 39.9 Å². The molecule has 0 unspecified atom stereocenters. The predicted molar refractivity (Wildman–Crippen MR) is 108 cm³/mol. The second-order valence-corrected chi connectivity index (χ2v) is 9.42. The quantitative estimate of drug-likeness (QED) is 0.585. The average molecular weight is 479 g/mol. The number of nitrogens with one attached hydrogen (secondary N) is 2. The summed E-state index contributed by atoms with van der Waals surface area (Å²) in [6.45, 7) is 0. The number of alkyl halides is 3. The Kier molecular flexibility index (Phi) is 6.80. The van der Waals surface area contributed by atoms with Gasteiger partial charge in [-0.05, 0) is 61.7 Å². The zero-order valence-electron chi connectivity index (χ0n) is 16.0. The Morgan fingerprint density at radius 2 is 1.74 bits per heavy atom. The van der Waals surface area contributed by atoms with E-state index in [-0.39, 0.29) is 34.0 Å². The molecule has 11 heteroatoms. The first-order valence-corrected chi connectivity index (χ1v) is 11.3. The Bertz CT molecular complexity index is 1060. The number of sulfonamides is 1. The largest absolute Gasteiger partial charge is 0.391 e. The smallest absolute Gasteiger partial charge is 0.349 e. The molecule has 2 aromatic carbocycles. The number of carbonyl (C=O) groups is 1. The van der Waals surface area contributed by atoms with Gasteiger partial charge in [-0.15, -0.1) is 0 Å². The maximum atomic E-state index is 13.0. The number of rotatable bonds is 5. The van der Waals surface area contributed by atoms with E-state index in [0.29, 0.717) is 12.8 Å². The monoisotopic (exact) mass is 478 g/mol. The highest BCUT2D eigenvalue weighted by Crippen LogP contribution is 2.37. The molecule has 0 saturated heterocycles. The van der Waals surface area contributed by atoms with Gasteiger partial charge in [0, 0.05) is 11.7 Å². The highest BCUT2D eigenvalue weighted by Gasteiger charge is 2.42. The second kappa shape index (κ2) is 9.04. The van der Waals surface area contributed by atoms with E-state index in [9.17, 15) is 30.8 Å². The lowest BCUT2D eigenvalue weighted by molar-refractivity contribution is -0.183. The summed E-state index contributed by atoms with van der Waals surface area (Å²) in [5.41, 5.74) is -0.0551. The third kappa shape index (κ3) is 5.88. The van der Waals surface area contributed by atoms with Gasteiger partial charge in [-0.1, -0.05) is 18.0 Å². The van der Waals surface area contributed by atoms with Crippen LogP contribution in [0.3, 0.4) is 0 Å². The summed E-state index contributed by atoms with van der Waals surface area (Å²) in [6, 6.07) is 7.39. The van der Waals surface area contributed by atoms with Crippen LogP contribution in [0.1, 0.15) is 36.0 Å². The van der Waals surface area contributed by atoms with Crippen molar-refractivity contribution in [2.24, 2.45) is 5.92 Å². The van der Waals surface area contributed by atoms with Crippen molar-refractivity contribution in [2.75, 3.05) is 4.72 Å². The molecule has 0 aliphatic heterocycles. The zero-order chi connectivity index (χ0) is 22.8. The molecule has 2 N–H and O–H groups in total. The van der Waals surface area contributed by atoms with Crippen LogP contribution in [0.25, 0.3) is 0 Å². The van der Waals surface area contributed by atoms with Gasteiger partial charge in [-0.2, -0.15) is 13.2 Å². The lowest BCUT2D eigenvalue weighted by Gasteiger charge is -2.31. The Labute approximate surface area is 181 Å². The molecular formula is C20H19ClF4N2O3S. The normalized spacial score (nSPS) is 19.6. The second-order valence-electron chi connectivity index (χ2n) is 7.33. The summed E-state index contributed by atoms with van der Waals surface area (Å²) in [5, 5.41) is 2.49. The summed E-state index contributed by atoms with van der Waals surface area (Å²) in [7, 11) is -4.12. The van der Waals surface area contributed by atoms with Crippen LogP contribution in [0.5, 0.6) is 0 Å². The number of anilines is 1. The minimum absolute atomic E-state index is 0.0133. The number of halogens is 5. The molecule has 1 aliphatic carbocycles. The van der Waals surface area contributed by atoms with Crippen molar-refractivity contribution in [1.29, 1.82) is 0 Å². The fraction of sp³-hybridized carbons (Fsp3) is 0.350. The van der Waals surface area contributed by atoms with E-state index in [1.807, 2.05) is 0 Å². The number of carbonyl (C=O) groups excluding carboxylic acids is 1. The third-order valence-corrected chi connectivity index (χ3v) is 6.77. The van der Waals surface area contributed by atoms with Crippen molar-refractivity contribution in [3.8, 4) is 0 Å². The van der Waals surface area contributed by atoms with Crippen LogP contribution in [0, 0.1) is 11.7 Å². The van der Waals surface area contributed by atoms with Crippen LogP contribution in [0.15, 0.2) is 47.4 Å². The SMILES string of the molecule is O=C(N[C@H]1CCC[C@H](C(F)(F)F)C1)c1cc(S(=O)(=O)Nc2ccc(F)cc2)ccc1Cl. The number of hydrogen-bond acceptors (Lipinski definition) is 3. The van der Waals surface area contributed by atoms with Crippen LogP contribution >= 0.6 is 11.6 Å². The molecule has 1 amide bonds. The topological polar surface area (TPSA) is 75.3 Å². The summed E-state index contributed by atoms with van der Waals surface area (Å²) < 4.78 is 79.5. The summed E-state index contributed by atoms with van der Waals surface area (Å²) in [4.78, 5) is 12.4. The van der Waals surface area contributed by atoms with Gasteiger partial charge < -0.3 is 5.32 Å². The van der Waals surface area contributed by atoms with Crippen molar-refractivity contribution < 1.29 is 30.8 Å². The Balaban J connectivity index is 1.77. The van der Waals surface area contributed by atoms with Gasteiger partial charge in [0.25, 0.3) is 15.9 Å². The molecule has 0 spiro atoms. The van der Waals surface area contributed by atoms with Gasteiger partial charge in [0.05, 0.1) is 21.4 Å². The lowest BCUT2D eigenvalue weighted by Crippen LogP contribution is -2.41. The minimum Gasteiger partial charge on any atom is -0.349 e. The summed E-state index contributed by atoms with van der Waals surface area (Å²) >= 11 is 6.04. The standard InChI is InChI=1S/C20H19ClF4N2O3S/c21-18-9-8-16(31(29,30)27-14-6-4-13(22)5-7-14)11-17(18)19(28)26-15-3-1-2-12(10-15)20(23,24)25/h4-9,11-12,15,27H,1-3,10H2,(H,26,28)/t12-,15-/m0/s1. The fourth-order valence-corrected chi connectivity index (χ4v) is 4.75. The average Bonchev–Trinajstić information content (AvgIpc) is 2.69. The van der Waals surface area contributed by atoms with E-state index >= 15 is 0 Å². The van der Waals surface area contributed by atoms with Gasteiger partial charge in [-0.3, -0.25) is 9.52 Å². The van der Waals surface area contributed by atoms with Crippen LogP contribution in [-0.4, -0.2) is 26.5 Å². The lowest BCUT2D eigenvalue weighted by atomic mass is 9.85. The minimum atomic E-state index is -4.33. The molecule has 1 aliphatic rings. The predicted octanol–water partition coefficient (Wildman–Crippen LogP) is 5.13. The molecule has 5 nitrogen and oxygen atoms in total. The van der Waals surface area contributed by atoms with Crippen LogP contribution in [0.4, 0.5) is 23.2 Å². The van der Waals surface area contributed by atoms with Crippen molar-refractivity contribution in [3.63, 3.8) is 0 Å². The zero-order valence-corrected chi connectivity index (χ0v) is 17.6. The molecular weight excluding hydrogens is 460 g/mol. The van der Waals surface area contributed by atoms with Crippen LogP contribution in [-0.2, 0) is 10.0 Å². The van der Waals surface area contributed by atoms with Crippen molar-refractivity contribution in [2.45, 2.75) is 42.8 Å². The van der Waals surface area contributed by atoms with Crippen molar-refractivity contribution in [3.05, 3.63) is 58.9 Å². The van der Waals surface area contributed by atoms with Gasteiger partial charge in [0.1, 0.15) is 5.82 Å². The highest BCUT2D eigenvalue weighted by molar-refractivity contribution is 7.92. The highest BCUT2D eigenvalue weighted by atomic mass is 35.5. The molecule has 0 aromatic heterocycles. The Hall–Kier alpha value is -2.33. The molecule has 2 aromatic rings. The molecule has 31 heavy (non-hydrogen) atoms. The third-order valence-electron chi connectivity index (χ3n) is 5.06. The molecule has 0 radical (unpaired) electrons. The molecule has 1 saturated carbocycles. The molecule has 1 fully saturated rings. The molecule has 2 atom stereocenters. The first-order chi connectivity index (χ1) is 14.5. The summed E-state index contributed by atoms with van der Waals surface area (Å²) in [6.07, 6.45) is -3.85. The van der Waals surface area contributed by atoms with E-state index in [1.54, 1.807) is 0 Å². The number of hydrogen-bond donors (Lipinski definition) is 2. The van der Waals surface area contributed by atoms with Crippen molar-refractivity contribution in [1.82, 2.24) is 5.32 Å². The van der Waals surface area contributed by atoms with Crippen LogP contribution < -0.4 is 10.0 Å². The number of benzene rings is 2. The van der Waals surface area contributed by atoms with E-state index in [2.05, 4.69) is 10.0 Å². The van der Waals surface area contributed by atoms with E-state index in [1.165, 1.54) is 24.3 Å².